The summed E-state index contributed by atoms with van der Waals surface area (Å²) in [5.41, 5.74) is 1.18. The van der Waals surface area contributed by atoms with Crippen molar-refractivity contribution < 1.29 is 14.3 Å². The van der Waals surface area contributed by atoms with Gasteiger partial charge in [-0.1, -0.05) is 30.3 Å². The minimum atomic E-state index is -0.360. The predicted octanol–water partition coefficient (Wildman–Crippen LogP) is 1.23. The number of amides is 2. The van der Waals surface area contributed by atoms with E-state index in [9.17, 15) is 14.4 Å². The number of methoxy groups -OCH3 is 1. The number of rotatable bonds is 8. The molecule has 3 rings (SSSR count). The quantitative estimate of drug-likeness (QED) is 0.598. The van der Waals surface area contributed by atoms with Gasteiger partial charge in [0, 0.05) is 25.1 Å². The Morgan fingerprint density at radius 1 is 1.03 bits per heavy atom. The largest absolute Gasteiger partial charge is 0.496 e. The summed E-state index contributed by atoms with van der Waals surface area (Å²) in [6.07, 6.45) is 1.48. The van der Waals surface area contributed by atoms with Gasteiger partial charge in [-0.05, 0) is 18.2 Å². The Hall–Kier alpha value is -3.68. The second-order valence-electron chi connectivity index (χ2n) is 6.38. The molecule has 150 valence electrons. The van der Waals surface area contributed by atoms with E-state index in [1.54, 1.807) is 31.4 Å². The van der Waals surface area contributed by atoms with Crippen molar-refractivity contribution in [2.75, 3.05) is 13.7 Å². The zero-order chi connectivity index (χ0) is 20.6. The predicted molar refractivity (Wildman–Crippen MR) is 108 cm³/mol. The summed E-state index contributed by atoms with van der Waals surface area (Å²) in [4.78, 5) is 40.7. The number of hydrogen-bond donors (Lipinski definition) is 2. The smallest absolute Gasteiger partial charge is 0.261 e. The Balaban J connectivity index is 1.46. The zero-order valence-corrected chi connectivity index (χ0v) is 16.1. The molecule has 1 aromatic heterocycles. The highest BCUT2D eigenvalue weighted by atomic mass is 16.5. The molecule has 0 saturated carbocycles. The standard InChI is InChI=1S/C21H22N4O4/c1-29-18-9-5-2-6-15(18)12-23-19(26)10-11-22-20(27)13-25-14-24-17-8-4-3-7-16(17)21(25)28/h2-9,14H,10-13H2,1H3,(H,22,27)(H,23,26). The topological polar surface area (TPSA) is 102 Å². The van der Waals surface area contributed by atoms with E-state index in [-0.39, 0.29) is 36.9 Å². The van der Waals surface area contributed by atoms with Gasteiger partial charge in [-0.25, -0.2) is 4.98 Å². The summed E-state index contributed by atoms with van der Waals surface area (Å²) >= 11 is 0. The van der Waals surface area contributed by atoms with Gasteiger partial charge in [-0.3, -0.25) is 19.0 Å². The van der Waals surface area contributed by atoms with Crippen molar-refractivity contribution in [2.45, 2.75) is 19.5 Å². The average Bonchev–Trinajstić information content (AvgIpc) is 2.74. The van der Waals surface area contributed by atoms with Gasteiger partial charge in [0.2, 0.25) is 11.8 Å². The second kappa shape index (κ2) is 9.50. The molecular formula is C21H22N4O4. The number of carbonyl (C=O) groups excluding carboxylic acids is 2. The minimum absolute atomic E-state index is 0.131. The van der Waals surface area contributed by atoms with E-state index in [0.717, 1.165) is 5.56 Å². The van der Waals surface area contributed by atoms with E-state index in [2.05, 4.69) is 15.6 Å². The number of aromatic nitrogens is 2. The maximum absolute atomic E-state index is 12.4. The molecule has 2 amide bonds. The lowest BCUT2D eigenvalue weighted by molar-refractivity contribution is -0.122. The van der Waals surface area contributed by atoms with Gasteiger partial charge in [0.05, 0.1) is 24.3 Å². The highest BCUT2D eigenvalue weighted by Crippen LogP contribution is 2.16. The van der Waals surface area contributed by atoms with E-state index in [1.165, 1.54) is 10.9 Å². The van der Waals surface area contributed by atoms with E-state index < -0.39 is 0 Å². The van der Waals surface area contributed by atoms with Crippen molar-refractivity contribution in [1.29, 1.82) is 0 Å². The molecule has 0 unspecified atom stereocenters. The summed E-state index contributed by atoms with van der Waals surface area (Å²) in [5, 5.41) is 5.89. The fraction of sp³-hybridized carbons (Fsp3) is 0.238. The molecule has 0 aliphatic rings. The number of nitrogens with one attached hydrogen (secondary N) is 2. The first-order chi connectivity index (χ1) is 14.1. The first-order valence-electron chi connectivity index (χ1n) is 9.18. The number of hydrogen-bond acceptors (Lipinski definition) is 5. The van der Waals surface area contributed by atoms with Gasteiger partial charge in [0.1, 0.15) is 12.3 Å². The molecule has 29 heavy (non-hydrogen) atoms. The molecule has 1 heterocycles. The monoisotopic (exact) mass is 394 g/mol. The SMILES string of the molecule is COc1ccccc1CNC(=O)CCNC(=O)Cn1cnc2ccccc2c1=O. The average molecular weight is 394 g/mol. The van der Waals surface area contributed by atoms with Gasteiger partial charge >= 0.3 is 0 Å². The van der Waals surface area contributed by atoms with Crippen LogP contribution in [-0.2, 0) is 22.7 Å². The lowest BCUT2D eigenvalue weighted by Crippen LogP contribution is -2.35. The van der Waals surface area contributed by atoms with Crippen LogP contribution in [0.25, 0.3) is 10.9 Å². The molecule has 0 atom stereocenters. The Labute approximate surface area is 167 Å². The minimum Gasteiger partial charge on any atom is -0.496 e. The normalized spacial score (nSPS) is 10.5. The summed E-state index contributed by atoms with van der Waals surface area (Å²) in [6, 6.07) is 14.4. The van der Waals surface area contributed by atoms with Crippen LogP contribution in [0.5, 0.6) is 5.75 Å². The van der Waals surface area contributed by atoms with Crippen LogP contribution < -0.4 is 20.9 Å². The van der Waals surface area contributed by atoms with Crippen LogP contribution in [0, 0.1) is 0 Å². The number of ether oxygens (including phenoxy) is 1. The van der Waals surface area contributed by atoms with Gasteiger partial charge in [-0.15, -0.1) is 0 Å². The number of carbonyl (C=O) groups is 2. The van der Waals surface area contributed by atoms with Crippen molar-refractivity contribution in [1.82, 2.24) is 20.2 Å². The zero-order valence-electron chi connectivity index (χ0n) is 16.1. The molecule has 0 fully saturated rings. The van der Waals surface area contributed by atoms with Crippen LogP contribution in [0.15, 0.2) is 59.7 Å². The molecular weight excluding hydrogens is 372 g/mol. The fourth-order valence-electron chi connectivity index (χ4n) is 2.88. The van der Waals surface area contributed by atoms with Crippen molar-refractivity contribution in [2.24, 2.45) is 0 Å². The van der Waals surface area contributed by atoms with Crippen LogP contribution in [-0.4, -0.2) is 35.0 Å². The molecule has 0 aliphatic heterocycles. The van der Waals surface area contributed by atoms with E-state index in [0.29, 0.717) is 23.2 Å². The molecule has 0 spiro atoms. The molecule has 0 aliphatic carbocycles. The Morgan fingerprint density at radius 3 is 2.62 bits per heavy atom. The van der Waals surface area contributed by atoms with E-state index >= 15 is 0 Å². The first-order valence-corrected chi connectivity index (χ1v) is 9.18. The van der Waals surface area contributed by atoms with Gasteiger partial charge < -0.3 is 15.4 Å². The highest BCUT2D eigenvalue weighted by molar-refractivity contribution is 5.80. The van der Waals surface area contributed by atoms with Crippen molar-refractivity contribution >= 4 is 22.7 Å². The molecule has 2 N–H and O–H groups in total. The third kappa shape index (κ3) is 5.19. The van der Waals surface area contributed by atoms with Gasteiger partial charge in [0.15, 0.2) is 0 Å². The molecule has 3 aromatic rings. The van der Waals surface area contributed by atoms with Crippen molar-refractivity contribution in [3.63, 3.8) is 0 Å². The highest BCUT2D eigenvalue weighted by Gasteiger charge is 2.09. The van der Waals surface area contributed by atoms with Crippen LogP contribution in [0.3, 0.4) is 0 Å². The van der Waals surface area contributed by atoms with Crippen LogP contribution in [0.1, 0.15) is 12.0 Å². The maximum atomic E-state index is 12.4. The van der Waals surface area contributed by atoms with E-state index in [1.807, 2.05) is 24.3 Å². The molecule has 0 saturated heterocycles. The molecule has 0 radical (unpaired) electrons. The molecule has 0 bridgehead atoms. The summed E-state index contributed by atoms with van der Waals surface area (Å²) in [7, 11) is 1.58. The summed E-state index contributed by atoms with van der Waals surface area (Å²) < 4.78 is 6.49. The lowest BCUT2D eigenvalue weighted by Gasteiger charge is -2.10. The van der Waals surface area contributed by atoms with E-state index in [4.69, 9.17) is 4.74 Å². The Kier molecular flexibility index (Phi) is 6.57. The Morgan fingerprint density at radius 2 is 1.79 bits per heavy atom. The van der Waals surface area contributed by atoms with Crippen LogP contribution >= 0.6 is 0 Å². The van der Waals surface area contributed by atoms with Gasteiger partial charge in [0.25, 0.3) is 5.56 Å². The van der Waals surface area contributed by atoms with Crippen molar-refractivity contribution in [3.05, 3.63) is 70.8 Å². The third-order valence-electron chi connectivity index (χ3n) is 4.39. The van der Waals surface area contributed by atoms with Crippen LogP contribution in [0.4, 0.5) is 0 Å². The van der Waals surface area contributed by atoms with Crippen LogP contribution in [0.2, 0.25) is 0 Å². The lowest BCUT2D eigenvalue weighted by atomic mass is 10.2. The molecule has 8 heteroatoms. The maximum Gasteiger partial charge on any atom is 0.261 e. The van der Waals surface area contributed by atoms with Crippen molar-refractivity contribution in [3.8, 4) is 5.75 Å². The van der Waals surface area contributed by atoms with Gasteiger partial charge in [-0.2, -0.15) is 0 Å². The molecule has 8 nitrogen and oxygen atoms in total. The number of para-hydroxylation sites is 2. The summed E-state index contributed by atoms with van der Waals surface area (Å²) in [6.45, 7) is 0.362. The fourth-order valence-corrected chi connectivity index (χ4v) is 2.88. The number of benzene rings is 2. The second-order valence-corrected chi connectivity index (χ2v) is 6.38. The third-order valence-corrected chi connectivity index (χ3v) is 4.39. The Bertz CT molecular complexity index is 1080. The number of nitrogens with zero attached hydrogens (tertiary/aromatic N) is 2. The first kappa shape index (κ1) is 20.1. The summed E-state index contributed by atoms with van der Waals surface area (Å²) in [5.74, 6) is 0.151. The number of fused-ring (bicyclic) bond motifs is 1. The molecule has 2 aromatic carbocycles.